The van der Waals surface area contributed by atoms with E-state index in [-0.39, 0.29) is 12.4 Å². The highest BCUT2D eigenvalue weighted by atomic mass is 19.1. The molecule has 0 fully saturated rings. The van der Waals surface area contributed by atoms with Gasteiger partial charge in [0.15, 0.2) is 0 Å². The maximum Gasteiger partial charge on any atom is 0.222 e. The number of hydrogen-bond donors (Lipinski definition) is 2. The molecule has 0 aliphatic heterocycles. The second kappa shape index (κ2) is 4.72. The summed E-state index contributed by atoms with van der Waals surface area (Å²) in [4.78, 5) is 10.9. The summed E-state index contributed by atoms with van der Waals surface area (Å²) in [5, 5.41) is 0. The lowest BCUT2D eigenvalue weighted by atomic mass is 9.99. The normalized spacial score (nSPS) is 12.4. The van der Waals surface area contributed by atoms with Gasteiger partial charge in [-0.1, -0.05) is 12.1 Å². The highest BCUT2D eigenvalue weighted by Crippen LogP contribution is 2.09. The molecule has 0 saturated carbocycles. The van der Waals surface area contributed by atoms with Crippen LogP contribution in [0.2, 0.25) is 0 Å². The summed E-state index contributed by atoms with van der Waals surface area (Å²) >= 11 is 0. The minimum atomic E-state index is -0.447. The third-order valence-electron chi connectivity index (χ3n) is 2.06. The first kappa shape index (κ1) is 10.7. The van der Waals surface area contributed by atoms with Crippen LogP contribution in [0.15, 0.2) is 24.3 Å². The quantitative estimate of drug-likeness (QED) is 0.733. The number of carbonyl (C=O) groups is 1. The van der Waals surface area contributed by atoms with Crippen molar-refractivity contribution in [1.29, 1.82) is 0 Å². The van der Waals surface area contributed by atoms with Gasteiger partial charge in [0.2, 0.25) is 5.91 Å². The van der Waals surface area contributed by atoms with Gasteiger partial charge in [0.1, 0.15) is 5.82 Å². The Balaban J connectivity index is 2.72. The summed E-state index contributed by atoms with van der Waals surface area (Å²) < 4.78 is 12.8. The van der Waals surface area contributed by atoms with Crippen molar-refractivity contribution in [3.05, 3.63) is 35.6 Å². The van der Waals surface area contributed by atoms with Crippen molar-refractivity contribution in [1.82, 2.24) is 0 Å². The van der Waals surface area contributed by atoms with E-state index in [1.807, 2.05) is 0 Å². The number of halogens is 1. The molecule has 0 radical (unpaired) electrons. The monoisotopic (exact) mass is 196 g/mol. The molecule has 76 valence electrons. The van der Waals surface area contributed by atoms with Crippen LogP contribution < -0.4 is 11.5 Å². The van der Waals surface area contributed by atoms with Crippen LogP contribution in [0.1, 0.15) is 5.56 Å². The zero-order valence-electron chi connectivity index (χ0n) is 7.74. The lowest BCUT2D eigenvalue weighted by Crippen LogP contribution is -2.31. The van der Waals surface area contributed by atoms with Crippen LogP contribution in [0.4, 0.5) is 4.39 Å². The molecule has 0 heterocycles. The Hall–Kier alpha value is -1.42. The Morgan fingerprint density at radius 2 is 2.21 bits per heavy atom. The maximum absolute atomic E-state index is 12.8. The second-order valence-electron chi connectivity index (χ2n) is 3.17. The molecular formula is C10H13FN2O. The highest BCUT2D eigenvalue weighted by Gasteiger charge is 2.13. The average Bonchev–Trinajstić information content (AvgIpc) is 2.14. The van der Waals surface area contributed by atoms with Crippen molar-refractivity contribution in [2.75, 3.05) is 6.54 Å². The van der Waals surface area contributed by atoms with Gasteiger partial charge in [0.25, 0.3) is 0 Å². The minimum absolute atomic E-state index is 0.186. The van der Waals surface area contributed by atoms with Gasteiger partial charge in [0.05, 0.1) is 5.92 Å². The molecule has 1 amide bonds. The number of benzene rings is 1. The van der Waals surface area contributed by atoms with E-state index in [1.54, 1.807) is 12.1 Å². The first-order chi connectivity index (χ1) is 6.63. The summed E-state index contributed by atoms with van der Waals surface area (Å²) in [5.41, 5.74) is 11.2. The van der Waals surface area contributed by atoms with Crippen molar-refractivity contribution < 1.29 is 9.18 Å². The molecule has 0 spiro atoms. The standard InChI is InChI=1S/C10H13FN2O/c11-9-3-1-2-7(5-9)4-8(6-12)10(13)14/h1-3,5,8H,4,6,12H2,(H2,13,14). The van der Waals surface area contributed by atoms with Gasteiger partial charge in [0, 0.05) is 6.54 Å². The van der Waals surface area contributed by atoms with Gasteiger partial charge in [-0.25, -0.2) is 4.39 Å². The first-order valence-corrected chi connectivity index (χ1v) is 4.37. The minimum Gasteiger partial charge on any atom is -0.369 e. The predicted octanol–water partition coefficient (Wildman–Crippen LogP) is 0.428. The van der Waals surface area contributed by atoms with Crippen molar-refractivity contribution in [3.63, 3.8) is 0 Å². The van der Waals surface area contributed by atoms with Crippen molar-refractivity contribution in [3.8, 4) is 0 Å². The van der Waals surface area contributed by atoms with Crippen LogP contribution in [-0.4, -0.2) is 12.5 Å². The fraction of sp³-hybridized carbons (Fsp3) is 0.300. The summed E-state index contributed by atoms with van der Waals surface area (Å²) in [6, 6.07) is 6.07. The van der Waals surface area contributed by atoms with Gasteiger partial charge in [-0.05, 0) is 24.1 Å². The third-order valence-corrected chi connectivity index (χ3v) is 2.06. The van der Waals surface area contributed by atoms with Crippen LogP contribution in [0.25, 0.3) is 0 Å². The lowest BCUT2D eigenvalue weighted by Gasteiger charge is -2.10. The predicted molar refractivity (Wildman–Crippen MR) is 51.8 cm³/mol. The molecule has 0 aliphatic carbocycles. The van der Waals surface area contributed by atoms with Gasteiger partial charge in [-0.2, -0.15) is 0 Å². The molecule has 1 atom stereocenters. The third kappa shape index (κ3) is 2.81. The Bertz CT molecular complexity index is 328. The molecule has 0 aromatic heterocycles. The molecule has 14 heavy (non-hydrogen) atoms. The van der Waals surface area contributed by atoms with Crippen LogP contribution >= 0.6 is 0 Å². The first-order valence-electron chi connectivity index (χ1n) is 4.37. The summed E-state index contributed by atoms with van der Waals surface area (Å²) in [6.45, 7) is 0.186. The zero-order valence-corrected chi connectivity index (χ0v) is 7.74. The SMILES string of the molecule is NCC(Cc1cccc(F)c1)C(N)=O. The molecule has 4 N–H and O–H groups in total. The van der Waals surface area contributed by atoms with Gasteiger partial charge in [-0.3, -0.25) is 4.79 Å². The van der Waals surface area contributed by atoms with E-state index in [2.05, 4.69) is 0 Å². The molecule has 1 aromatic rings. The fourth-order valence-electron chi connectivity index (χ4n) is 1.25. The number of rotatable bonds is 4. The molecule has 1 rings (SSSR count). The van der Waals surface area contributed by atoms with E-state index >= 15 is 0 Å². The van der Waals surface area contributed by atoms with Crippen LogP contribution in [0, 0.1) is 11.7 Å². The number of amides is 1. The van der Waals surface area contributed by atoms with E-state index in [1.165, 1.54) is 12.1 Å². The Morgan fingerprint density at radius 1 is 1.50 bits per heavy atom. The molecule has 0 bridgehead atoms. The summed E-state index contributed by atoms with van der Waals surface area (Å²) in [7, 11) is 0. The Morgan fingerprint density at radius 3 is 2.71 bits per heavy atom. The smallest absolute Gasteiger partial charge is 0.222 e. The molecule has 0 aliphatic rings. The molecule has 1 unspecified atom stereocenters. The van der Waals surface area contributed by atoms with Gasteiger partial charge >= 0.3 is 0 Å². The topological polar surface area (TPSA) is 69.1 Å². The largest absolute Gasteiger partial charge is 0.369 e. The molecule has 4 heteroatoms. The van der Waals surface area contributed by atoms with Crippen molar-refractivity contribution in [2.24, 2.45) is 17.4 Å². The highest BCUT2D eigenvalue weighted by molar-refractivity contribution is 5.77. The van der Waals surface area contributed by atoms with E-state index in [0.717, 1.165) is 5.56 Å². The molecule has 0 saturated heterocycles. The number of carbonyl (C=O) groups excluding carboxylic acids is 1. The Labute approximate surface area is 81.9 Å². The lowest BCUT2D eigenvalue weighted by molar-refractivity contribution is -0.121. The molecule has 3 nitrogen and oxygen atoms in total. The average molecular weight is 196 g/mol. The number of hydrogen-bond acceptors (Lipinski definition) is 2. The van der Waals surface area contributed by atoms with Crippen LogP contribution in [0.3, 0.4) is 0 Å². The number of nitrogens with two attached hydrogens (primary N) is 2. The second-order valence-corrected chi connectivity index (χ2v) is 3.17. The van der Waals surface area contributed by atoms with E-state index in [0.29, 0.717) is 6.42 Å². The summed E-state index contributed by atoms with van der Waals surface area (Å²) in [6.07, 6.45) is 0.392. The van der Waals surface area contributed by atoms with Gasteiger partial charge < -0.3 is 11.5 Å². The van der Waals surface area contributed by atoms with Crippen LogP contribution in [0.5, 0.6) is 0 Å². The van der Waals surface area contributed by atoms with E-state index in [4.69, 9.17) is 11.5 Å². The van der Waals surface area contributed by atoms with Crippen LogP contribution in [-0.2, 0) is 11.2 Å². The number of primary amides is 1. The molecule has 1 aromatic carbocycles. The van der Waals surface area contributed by atoms with E-state index < -0.39 is 11.8 Å². The fourth-order valence-corrected chi connectivity index (χ4v) is 1.25. The van der Waals surface area contributed by atoms with Crippen molar-refractivity contribution >= 4 is 5.91 Å². The van der Waals surface area contributed by atoms with Gasteiger partial charge in [-0.15, -0.1) is 0 Å². The zero-order chi connectivity index (χ0) is 10.6. The summed E-state index contributed by atoms with van der Waals surface area (Å²) in [5.74, 6) is -1.18. The van der Waals surface area contributed by atoms with Crippen molar-refractivity contribution in [2.45, 2.75) is 6.42 Å². The van der Waals surface area contributed by atoms with E-state index in [9.17, 15) is 9.18 Å². The maximum atomic E-state index is 12.8. The molecular weight excluding hydrogens is 183 g/mol. The Kier molecular flexibility index (Phi) is 3.59.